The molecule has 3 aliphatic rings. The van der Waals surface area contributed by atoms with Crippen LogP contribution >= 0.6 is 11.6 Å². The number of alkyl halides is 1. The fourth-order valence-electron chi connectivity index (χ4n) is 6.36. The van der Waals surface area contributed by atoms with Crippen molar-refractivity contribution in [1.82, 2.24) is 19.8 Å². The van der Waals surface area contributed by atoms with Gasteiger partial charge >= 0.3 is 6.01 Å². The highest BCUT2D eigenvalue weighted by molar-refractivity contribution is 6.36. The Morgan fingerprint density at radius 1 is 1.20 bits per heavy atom. The molecule has 236 valence electrons. The van der Waals surface area contributed by atoms with E-state index in [9.17, 15) is 18.8 Å². The number of anilines is 2. The van der Waals surface area contributed by atoms with E-state index in [1.54, 1.807) is 0 Å². The summed E-state index contributed by atoms with van der Waals surface area (Å²) in [6.45, 7) is 6.45. The highest BCUT2D eigenvalue weighted by Gasteiger charge is 2.43. The molecule has 3 aromatic rings. The van der Waals surface area contributed by atoms with Gasteiger partial charge < -0.3 is 19.4 Å². The molecule has 0 radical (unpaired) electrons. The van der Waals surface area contributed by atoms with Crippen molar-refractivity contribution in [2.45, 2.75) is 43.9 Å². The van der Waals surface area contributed by atoms with E-state index in [0.717, 1.165) is 27.7 Å². The summed E-state index contributed by atoms with van der Waals surface area (Å²) in [6.07, 6.45) is 1.89. The van der Waals surface area contributed by atoms with E-state index >= 15 is 0 Å². The molecular formula is C33H36ClF2N7O2. The molecule has 0 unspecified atom stereocenters. The Hall–Kier alpha value is -4.01. The number of benzene rings is 2. The second kappa shape index (κ2) is 12.8. The number of piperazine rings is 1. The maximum absolute atomic E-state index is 14.3. The van der Waals surface area contributed by atoms with Gasteiger partial charge in [0.15, 0.2) is 5.83 Å². The molecule has 9 nitrogen and oxygen atoms in total. The van der Waals surface area contributed by atoms with Crippen LogP contribution in [-0.2, 0) is 17.8 Å². The maximum atomic E-state index is 14.3. The number of carbonyl (C=O) groups excluding carboxylic acids is 1. The SMILES string of the molecule is C=C(F)C(=O)N1CCN(c2nc(OCCN(C)CC3(F)CC3)nc3c2CCN(c2cccc4cccc(Cl)c24)C3)C[C@@H]1CC#N. The molecule has 0 spiro atoms. The highest BCUT2D eigenvalue weighted by Crippen LogP contribution is 2.40. The van der Waals surface area contributed by atoms with Crippen molar-refractivity contribution in [3.8, 4) is 12.1 Å². The van der Waals surface area contributed by atoms with E-state index < -0.39 is 23.4 Å². The second-order valence-electron chi connectivity index (χ2n) is 12.1. The van der Waals surface area contributed by atoms with Gasteiger partial charge in [-0.1, -0.05) is 42.4 Å². The Bertz CT molecular complexity index is 1650. The summed E-state index contributed by atoms with van der Waals surface area (Å²) in [7, 11) is 1.87. The number of likely N-dealkylation sites (N-methyl/N-ethyl adjacent to an activating group) is 1. The second-order valence-corrected chi connectivity index (χ2v) is 12.6. The summed E-state index contributed by atoms with van der Waals surface area (Å²) in [6, 6.07) is 13.8. The number of nitriles is 1. The topological polar surface area (TPSA) is 88.8 Å². The molecule has 6 rings (SSSR count). The number of hydrogen-bond donors (Lipinski definition) is 0. The first-order valence-electron chi connectivity index (χ1n) is 15.3. The minimum absolute atomic E-state index is 0.0458. The number of aromatic nitrogens is 2. The van der Waals surface area contributed by atoms with Gasteiger partial charge in [-0.25, -0.2) is 8.78 Å². The fraction of sp³-hybridized carbons (Fsp3) is 0.455. The molecule has 2 aromatic carbocycles. The highest BCUT2D eigenvalue weighted by atomic mass is 35.5. The van der Waals surface area contributed by atoms with Gasteiger partial charge in [-0.05, 0) is 43.8 Å². The van der Waals surface area contributed by atoms with Crippen LogP contribution in [0.15, 0.2) is 48.8 Å². The molecule has 1 aliphatic carbocycles. The molecule has 2 fully saturated rings. The molecule has 0 bridgehead atoms. The lowest BCUT2D eigenvalue weighted by atomic mass is 10.0. The number of ether oxygens (including phenoxy) is 1. The Balaban J connectivity index is 1.29. The summed E-state index contributed by atoms with van der Waals surface area (Å²) in [5.41, 5.74) is 1.71. The minimum Gasteiger partial charge on any atom is -0.462 e. The Kier molecular flexibility index (Phi) is 8.80. The largest absolute Gasteiger partial charge is 0.462 e. The van der Waals surface area contributed by atoms with E-state index in [1.165, 1.54) is 4.90 Å². The van der Waals surface area contributed by atoms with E-state index in [4.69, 9.17) is 26.3 Å². The molecular weight excluding hydrogens is 600 g/mol. The molecule has 1 amide bonds. The first kappa shape index (κ1) is 31.0. The average molecular weight is 636 g/mol. The number of fused-ring (bicyclic) bond motifs is 2. The van der Waals surface area contributed by atoms with Crippen LogP contribution in [0, 0.1) is 11.3 Å². The first-order valence-corrected chi connectivity index (χ1v) is 15.6. The molecule has 2 aliphatic heterocycles. The van der Waals surface area contributed by atoms with Crippen LogP contribution in [0.1, 0.15) is 30.5 Å². The lowest BCUT2D eigenvalue weighted by Gasteiger charge is -2.42. The number of amides is 1. The van der Waals surface area contributed by atoms with Crippen molar-refractivity contribution in [2.75, 3.05) is 62.7 Å². The van der Waals surface area contributed by atoms with Crippen molar-refractivity contribution >= 4 is 39.8 Å². The molecule has 45 heavy (non-hydrogen) atoms. The number of hydrogen-bond acceptors (Lipinski definition) is 8. The minimum atomic E-state index is -1.09. The van der Waals surface area contributed by atoms with Crippen molar-refractivity contribution < 1.29 is 18.3 Å². The smallest absolute Gasteiger partial charge is 0.318 e. The first-order chi connectivity index (χ1) is 21.7. The van der Waals surface area contributed by atoms with Gasteiger partial charge in [0.05, 0.1) is 35.8 Å². The molecule has 3 heterocycles. The number of carbonyl (C=O) groups is 1. The Labute approximate surface area is 266 Å². The lowest BCUT2D eigenvalue weighted by Crippen LogP contribution is -2.55. The third-order valence-electron chi connectivity index (χ3n) is 8.85. The zero-order chi connectivity index (χ0) is 31.7. The third-order valence-corrected chi connectivity index (χ3v) is 9.16. The summed E-state index contributed by atoms with van der Waals surface area (Å²) >= 11 is 6.67. The van der Waals surface area contributed by atoms with Crippen LogP contribution in [0.4, 0.5) is 20.3 Å². The van der Waals surface area contributed by atoms with Gasteiger partial charge in [-0.2, -0.15) is 15.2 Å². The zero-order valence-corrected chi connectivity index (χ0v) is 26.1. The number of nitrogens with zero attached hydrogens (tertiary/aromatic N) is 7. The monoisotopic (exact) mass is 635 g/mol. The van der Waals surface area contributed by atoms with Gasteiger partial charge in [0.25, 0.3) is 5.91 Å². The van der Waals surface area contributed by atoms with Gasteiger partial charge in [-0.15, -0.1) is 0 Å². The molecule has 1 aromatic heterocycles. The number of halogens is 3. The Morgan fingerprint density at radius 3 is 2.71 bits per heavy atom. The van der Waals surface area contributed by atoms with Crippen LogP contribution in [-0.4, -0.2) is 90.3 Å². The van der Waals surface area contributed by atoms with Crippen LogP contribution in [0.3, 0.4) is 0 Å². The van der Waals surface area contributed by atoms with Gasteiger partial charge in [0.1, 0.15) is 18.1 Å². The standard InChI is InChI=1S/C33H36ClF2N7O2/c1-22(35)31(44)43-16-15-42(19-24(43)9-13-37)30-25-10-14-41(28-8-4-6-23-5-3-7-26(34)29(23)28)20-27(25)38-32(39-30)45-18-17-40(2)21-33(36)11-12-33/h3-8,24H,1,9-12,14-21H2,2H3/t24-/m0/s1. The van der Waals surface area contributed by atoms with Crippen molar-refractivity contribution in [3.63, 3.8) is 0 Å². The van der Waals surface area contributed by atoms with Crippen LogP contribution in [0.25, 0.3) is 10.8 Å². The summed E-state index contributed by atoms with van der Waals surface area (Å²) in [4.78, 5) is 29.8. The van der Waals surface area contributed by atoms with E-state index in [2.05, 4.69) is 23.6 Å². The third kappa shape index (κ3) is 6.67. The van der Waals surface area contributed by atoms with Crippen molar-refractivity contribution in [2.24, 2.45) is 0 Å². The average Bonchev–Trinajstić information content (AvgIpc) is 3.75. The van der Waals surface area contributed by atoms with E-state index in [-0.39, 0.29) is 25.6 Å². The maximum Gasteiger partial charge on any atom is 0.318 e. The van der Waals surface area contributed by atoms with Gasteiger partial charge in [0.2, 0.25) is 0 Å². The van der Waals surface area contributed by atoms with Crippen molar-refractivity contribution in [1.29, 1.82) is 5.26 Å². The fourth-order valence-corrected chi connectivity index (χ4v) is 6.64. The van der Waals surface area contributed by atoms with Crippen molar-refractivity contribution in [3.05, 3.63) is 65.1 Å². The molecule has 0 N–H and O–H groups in total. The zero-order valence-electron chi connectivity index (χ0n) is 25.3. The van der Waals surface area contributed by atoms with E-state index in [0.29, 0.717) is 69.4 Å². The van der Waals surface area contributed by atoms with E-state index in [1.807, 2.05) is 47.2 Å². The summed E-state index contributed by atoms with van der Waals surface area (Å²) in [5.74, 6) is -1.15. The van der Waals surface area contributed by atoms with Crippen LogP contribution in [0.5, 0.6) is 6.01 Å². The molecule has 12 heteroatoms. The summed E-state index contributed by atoms with van der Waals surface area (Å²) < 4.78 is 34.1. The lowest BCUT2D eigenvalue weighted by molar-refractivity contribution is -0.131. The predicted octanol–water partition coefficient (Wildman–Crippen LogP) is 5.07. The number of rotatable bonds is 10. The molecule has 1 saturated carbocycles. The molecule has 1 saturated heterocycles. The quantitative estimate of drug-likeness (QED) is 0.285. The Morgan fingerprint density at radius 2 is 1.98 bits per heavy atom. The van der Waals surface area contributed by atoms with Gasteiger partial charge in [0, 0.05) is 55.9 Å². The summed E-state index contributed by atoms with van der Waals surface area (Å²) in [5, 5.41) is 12.2. The predicted molar refractivity (Wildman–Crippen MR) is 170 cm³/mol. The van der Waals surface area contributed by atoms with Crippen LogP contribution in [0.2, 0.25) is 5.02 Å². The molecule has 1 atom stereocenters. The van der Waals surface area contributed by atoms with Gasteiger partial charge in [-0.3, -0.25) is 9.69 Å². The van der Waals surface area contributed by atoms with Crippen LogP contribution < -0.4 is 14.5 Å². The normalized spacial score (nSPS) is 18.9.